The second-order valence-corrected chi connectivity index (χ2v) is 8.88. The van der Waals surface area contributed by atoms with Gasteiger partial charge in [0, 0.05) is 17.2 Å². The van der Waals surface area contributed by atoms with Crippen LogP contribution in [0.5, 0.6) is 17.2 Å². The number of para-hydroxylation sites is 1. The molecule has 1 heterocycles. The number of anilines is 1. The van der Waals surface area contributed by atoms with Crippen molar-refractivity contribution in [3.05, 3.63) is 81.3 Å². The van der Waals surface area contributed by atoms with Gasteiger partial charge in [-0.1, -0.05) is 48.3 Å². The van der Waals surface area contributed by atoms with E-state index >= 15 is 0 Å². The minimum absolute atomic E-state index is 0.00586. The fourth-order valence-electron chi connectivity index (χ4n) is 3.52. The number of carbonyl (C=O) groups excluding carboxylic acids is 1. The van der Waals surface area contributed by atoms with Gasteiger partial charge in [0.25, 0.3) is 5.91 Å². The molecule has 10 heteroatoms. The summed E-state index contributed by atoms with van der Waals surface area (Å²) in [5, 5.41) is 5.07. The van der Waals surface area contributed by atoms with Crippen LogP contribution in [0.15, 0.2) is 48.5 Å². The van der Waals surface area contributed by atoms with Crippen molar-refractivity contribution in [3.63, 3.8) is 0 Å². The van der Waals surface area contributed by atoms with Crippen molar-refractivity contribution in [2.75, 3.05) is 5.32 Å². The number of hydrogen-bond acceptors (Lipinski definition) is 4. The number of hydrogen-bond donors (Lipinski definition) is 2. The van der Waals surface area contributed by atoms with Crippen LogP contribution in [0.25, 0.3) is 0 Å². The number of benzene rings is 3. The largest absolute Gasteiger partial charge is 0.486 e. The maximum Gasteiger partial charge on any atom is 0.263 e. The third kappa shape index (κ3) is 4.80. The van der Waals surface area contributed by atoms with Crippen LogP contribution in [0.3, 0.4) is 0 Å². The molecule has 34 heavy (non-hydrogen) atoms. The van der Waals surface area contributed by atoms with E-state index in [9.17, 15) is 13.6 Å². The van der Waals surface area contributed by atoms with Gasteiger partial charge < -0.3 is 14.8 Å². The molecule has 0 aromatic heterocycles. The van der Waals surface area contributed by atoms with Crippen molar-refractivity contribution in [3.8, 4) is 17.2 Å². The standard InChI is InChI=1S/C24H18Cl2F2N2O3S/c1-11-12(2)32-21-14(11)5-3-8-19(21)33-22-15(25)9-13(10-16(22)26)29-24(34)30-23(31)20-17(27)6-4-7-18(20)28/h3-12H,1-2H3,(H2,29,30,31,34). The molecule has 1 amide bonds. The van der Waals surface area contributed by atoms with Crippen LogP contribution in [0.1, 0.15) is 35.7 Å². The normalized spacial score (nSPS) is 16.4. The number of nitrogens with one attached hydrogen (secondary N) is 2. The summed E-state index contributed by atoms with van der Waals surface area (Å²) in [4.78, 5) is 12.2. The van der Waals surface area contributed by atoms with Crippen molar-refractivity contribution in [2.24, 2.45) is 0 Å². The average molecular weight is 523 g/mol. The zero-order chi connectivity index (χ0) is 24.6. The molecule has 0 fully saturated rings. The lowest BCUT2D eigenvalue weighted by molar-refractivity contribution is 0.0969. The van der Waals surface area contributed by atoms with Crippen molar-refractivity contribution in [1.82, 2.24) is 5.32 Å². The smallest absolute Gasteiger partial charge is 0.263 e. The second kappa shape index (κ2) is 9.74. The lowest BCUT2D eigenvalue weighted by atomic mass is 9.98. The van der Waals surface area contributed by atoms with Crippen LogP contribution < -0.4 is 20.1 Å². The Morgan fingerprint density at radius 3 is 2.32 bits per heavy atom. The summed E-state index contributed by atoms with van der Waals surface area (Å²) in [5.74, 6) is -1.51. The molecule has 5 nitrogen and oxygen atoms in total. The number of fused-ring (bicyclic) bond motifs is 1. The predicted octanol–water partition coefficient (Wildman–Crippen LogP) is 7.08. The molecule has 0 bridgehead atoms. The van der Waals surface area contributed by atoms with Crippen LogP contribution in [0.4, 0.5) is 14.5 Å². The van der Waals surface area contributed by atoms with Gasteiger partial charge in [-0.3, -0.25) is 10.1 Å². The van der Waals surface area contributed by atoms with E-state index in [-0.39, 0.29) is 32.9 Å². The molecule has 0 saturated heterocycles. The summed E-state index contributed by atoms with van der Waals surface area (Å²) in [6.07, 6.45) is 0.00586. The molecule has 1 aliphatic rings. The highest BCUT2D eigenvalue weighted by molar-refractivity contribution is 7.80. The summed E-state index contributed by atoms with van der Waals surface area (Å²) in [6.45, 7) is 4.06. The van der Waals surface area contributed by atoms with Gasteiger partial charge in [0.1, 0.15) is 23.3 Å². The summed E-state index contributed by atoms with van der Waals surface area (Å²) < 4.78 is 39.5. The van der Waals surface area contributed by atoms with Gasteiger partial charge in [-0.2, -0.15) is 0 Å². The Bertz CT molecular complexity index is 1260. The molecule has 3 aromatic carbocycles. The Kier molecular flexibility index (Phi) is 6.93. The monoisotopic (exact) mass is 522 g/mol. The summed E-state index contributed by atoms with van der Waals surface area (Å²) >= 11 is 17.9. The quantitative estimate of drug-likeness (QED) is 0.358. The third-order valence-corrected chi connectivity index (χ3v) is 6.16. The van der Waals surface area contributed by atoms with E-state index in [2.05, 4.69) is 17.6 Å². The van der Waals surface area contributed by atoms with E-state index < -0.39 is 23.1 Å². The van der Waals surface area contributed by atoms with Gasteiger partial charge in [-0.25, -0.2) is 8.78 Å². The van der Waals surface area contributed by atoms with Gasteiger partial charge in [0.15, 0.2) is 22.4 Å². The molecular weight excluding hydrogens is 505 g/mol. The lowest BCUT2D eigenvalue weighted by Gasteiger charge is -2.15. The maximum atomic E-state index is 13.8. The first-order valence-electron chi connectivity index (χ1n) is 10.2. The van der Waals surface area contributed by atoms with Gasteiger partial charge in [0.2, 0.25) is 0 Å². The van der Waals surface area contributed by atoms with Gasteiger partial charge >= 0.3 is 0 Å². The molecule has 2 N–H and O–H groups in total. The number of halogens is 4. The Labute approximate surface area is 210 Å². The zero-order valence-corrected chi connectivity index (χ0v) is 20.2. The van der Waals surface area contributed by atoms with Gasteiger partial charge in [-0.05, 0) is 49.5 Å². The summed E-state index contributed by atoms with van der Waals surface area (Å²) in [7, 11) is 0. The minimum atomic E-state index is -1.04. The van der Waals surface area contributed by atoms with Crippen LogP contribution in [-0.2, 0) is 0 Å². The highest BCUT2D eigenvalue weighted by atomic mass is 35.5. The third-order valence-electron chi connectivity index (χ3n) is 5.39. The predicted molar refractivity (Wildman–Crippen MR) is 132 cm³/mol. The van der Waals surface area contributed by atoms with E-state index in [1.165, 1.54) is 12.1 Å². The van der Waals surface area contributed by atoms with E-state index in [0.717, 1.165) is 23.8 Å². The molecule has 0 spiro atoms. The highest BCUT2D eigenvalue weighted by Crippen LogP contribution is 2.47. The van der Waals surface area contributed by atoms with Crippen molar-refractivity contribution in [1.29, 1.82) is 0 Å². The first-order chi connectivity index (χ1) is 16.2. The Morgan fingerprint density at radius 2 is 1.68 bits per heavy atom. The van der Waals surface area contributed by atoms with Crippen LogP contribution in [0.2, 0.25) is 10.0 Å². The number of carbonyl (C=O) groups is 1. The molecular formula is C24H18Cl2F2N2O3S. The number of ether oxygens (including phenoxy) is 2. The zero-order valence-electron chi connectivity index (χ0n) is 17.9. The van der Waals surface area contributed by atoms with E-state index in [1.54, 1.807) is 6.07 Å². The van der Waals surface area contributed by atoms with Gasteiger partial charge in [0.05, 0.1) is 10.0 Å². The van der Waals surface area contributed by atoms with E-state index in [4.69, 9.17) is 44.9 Å². The van der Waals surface area contributed by atoms with Crippen molar-refractivity contribution in [2.45, 2.75) is 25.9 Å². The van der Waals surface area contributed by atoms with Crippen molar-refractivity contribution < 1.29 is 23.0 Å². The Hall–Kier alpha value is -2.94. The van der Waals surface area contributed by atoms with Gasteiger partial charge in [-0.15, -0.1) is 0 Å². The second-order valence-electron chi connectivity index (χ2n) is 7.66. The maximum absolute atomic E-state index is 13.8. The lowest BCUT2D eigenvalue weighted by Crippen LogP contribution is -2.35. The van der Waals surface area contributed by atoms with Crippen LogP contribution in [-0.4, -0.2) is 17.1 Å². The Morgan fingerprint density at radius 1 is 1.06 bits per heavy atom. The number of amides is 1. The first kappa shape index (κ1) is 24.2. The summed E-state index contributed by atoms with van der Waals surface area (Å²) in [6, 6.07) is 11.7. The molecule has 3 aromatic rings. The number of rotatable bonds is 4. The van der Waals surface area contributed by atoms with Crippen LogP contribution >= 0.6 is 35.4 Å². The minimum Gasteiger partial charge on any atom is -0.486 e. The van der Waals surface area contributed by atoms with Crippen molar-refractivity contribution >= 4 is 52.1 Å². The molecule has 1 aliphatic heterocycles. The Balaban J connectivity index is 1.49. The molecule has 0 radical (unpaired) electrons. The molecule has 0 saturated carbocycles. The molecule has 4 rings (SSSR count). The average Bonchev–Trinajstić information content (AvgIpc) is 3.05. The molecule has 2 unspecified atom stereocenters. The molecule has 176 valence electrons. The SMILES string of the molecule is CC1Oc2c(Oc3c(Cl)cc(NC(=S)NC(=O)c4c(F)cccc4F)cc3Cl)cccc2C1C. The fraction of sp³-hybridized carbons (Fsp3) is 0.167. The number of thiocarbonyl (C=S) groups is 1. The molecule has 2 atom stereocenters. The van der Waals surface area contributed by atoms with E-state index in [1.807, 2.05) is 19.1 Å². The molecule has 0 aliphatic carbocycles. The summed E-state index contributed by atoms with van der Waals surface area (Å²) in [5.41, 5.74) is 0.620. The van der Waals surface area contributed by atoms with Crippen LogP contribution in [0, 0.1) is 11.6 Å². The first-order valence-corrected chi connectivity index (χ1v) is 11.3. The fourth-order valence-corrected chi connectivity index (χ4v) is 4.30. The van der Waals surface area contributed by atoms with E-state index in [0.29, 0.717) is 17.2 Å². The highest BCUT2D eigenvalue weighted by Gasteiger charge is 2.30. The topological polar surface area (TPSA) is 59.6 Å².